The van der Waals surface area contributed by atoms with Gasteiger partial charge in [0.05, 0.1) is 6.61 Å². The van der Waals surface area contributed by atoms with Crippen molar-refractivity contribution in [2.24, 2.45) is 5.92 Å². The van der Waals surface area contributed by atoms with E-state index in [9.17, 15) is 5.11 Å². The standard InChI is InChI=1S/C17H25ClN6O.2ClH/c18-14-3-1-12(2-4-14)9-15(11-25)20-10-13-5-7-24(8-6-13)17-21-16(19)22-23-17;;/h1-4,13,15,20,25H,5-11H2,(H3,19,21,22,23);2*1H. The van der Waals surface area contributed by atoms with Gasteiger partial charge in [0.15, 0.2) is 0 Å². The number of benzene rings is 1. The van der Waals surface area contributed by atoms with E-state index in [-0.39, 0.29) is 37.5 Å². The molecule has 1 fully saturated rings. The van der Waals surface area contributed by atoms with Crippen LogP contribution in [0, 0.1) is 5.92 Å². The topological polar surface area (TPSA) is 103 Å². The molecule has 1 aliphatic rings. The monoisotopic (exact) mass is 436 g/mol. The number of piperidine rings is 1. The van der Waals surface area contributed by atoms with Crippen molar-refractivity contribution in [3.63, 3.8) is 0 Å². The predicted octanol–water partition coefficient (Wildman–Crippen LogP) is 2.29. The molecule has 5 N–H and O–H groups in total. The maximum atomic E-state index is 9.64. The van der Waals surface area contributed by atoms with Gasteiger partial charge < -0.3 is 21.1 Å². The van der Waals surface area contributed by atoms with Crippen LogP contribution in [0.15, 0.2) is 24.3 Å². The van der Waals surface area contributed by atoms with Crippen LogP contribution in [0.5, 0.6) is 0 Å². The third-order valence-corrected chi connectivity index (χ3v) is 4.95. The molecule has 27 heavy (non-hydrogen) atoms. The van der Waals surface area contributed by atoms with Crippen LogP contribution in [0.25, 0.3) is 0 Å². The molecule has 0 radical (unpaired) electrons. The second-order valence-electron chi connectivity index (χ2n) is 6.57. The molecule has 10 heteroatoms. The van der Waals surface area contributed by atoms with Gasteiger partial charge in [-0.3, -0.25) is 0 Å². The first-order valence-electron chi connectivity index (χ1n) is 8.65. The zero-order chi connectivity index (χ0) is 17.6. The van der Waals surface area contributed by atoms with Gasteiger partial charge >= 0.3 is 0 Å². The minimum absolute atomic E-state index is 0. The third kappa shape index (κ3) is 7.01. The molecular formula is C17H27Cl3N6O. The van der Waals surface area contributed by atoms with E-state index in [1.807, 2.05) is 24.3 Å². The number of H-pyrrole nitrogens is 1. The molecule has 1 unspecified atom stereocenters. The number of rotatable bonds is 7. The molecule has 1 saturated heterocycles. The predicted molar refractivity (Wildman–Crippen MR) is 114 cm³/mol. The molecular weight excluding hydrogens is 411 g/mol. The van der Waals surface area contributed by atoms with Crippen LogP contribution < -0.4 is 16.0 Å². The van der Waals surface area contributed by atoms with Crippen molar-refractivity contribution < 1.29 is 5.11 Å². The molecule has 1 aromatic carbocycles. The number of nitrogens with one attached hydrogen (secondary N) is 2. The lowest BCUT2D eigenvalue weighted by Crippen LogP contribution is -2.42. The Morgan fingerprint density at radius 1 is 1.26 bits per heavy atom. The second-order valence-corrected chi connectivity index (χ2v) is 7.01. The van der Waals surface area contributed by atoms with Gasteiger partial charge in [-0.15, -0.1) is 29.9 Å². The fourth-order valence-electron chi connectivity index (χ4n) is 3.18. The largest absolute Gasteiger partial charge is 0.395 e. The molecule has 0 saturated carbocycles. The first-order chi connectivity index (χ1) is 12.1. The number of nitrogen functional groups attached to an aromatic ring is 1. The first kappa shape index (κ1) is 23.8. The van der Waals surface area contributed by atoms with Crippen molar-refractivity contribution in [2.75, 3.05) is 36.9 Å². The molecule has 152 valence electrons. The molecule has 0 bridgehead atoms. The van der Waals surface area contributed by atoms with E-state index in [0.717, 1.165) is 43.9 Å². The van der Waals surface area contributed by atoms with Gasteiger partial charge in [-0.2, -0.15) is 4.98 Å². The summed E-state index contributed by atoms with van der Waals surface area (Å²) in [5.41, 5.74) is 6.76. The number of aromatic nitrogens is 3. The summed E-state index contributed by atoms with van der Waals surface area (Å²) in [5.74, 6) is 1.62. The Morgan fingerprint density at radius 3 is 2.48 bits per heavy atom. The molecule has 2 aromatic rings. The van der Waals surface area contributed by atoms with Gasteiger partial charge in [0.25, 0.3) is 0 Å². The quantitative estimate of drug-likeness (QED) is 0.530. The van der Waals surface area contributed by atoms with Crippen molar-refractivity contribution in [1.29, 1.82) is 0 Å². The van der Waals surface area contributed by atoms with E-state index in [1.54, 1.807) is 0 Å². The Bertz CT molecular complexity index is 661. The highest BCUT2D eigenvalue weighted by molar-refractivity contribution is 6.30. The lowest BCUT2D eigenvalue weighted by atomic mass is 9.96. The van der Waals surface area contributed by atoms with Gasteiger partial charge in [0.1, 0.15) is 0 Å². The molecule has 0 spiro atoms. The van der Waals surface area contributed by atoms with Gasteiger partial charge in [-0.1, -0.05) is 23.7 Å². The van der Waals surface area contributed by atoms with E-state index in [4.69, 9.17) is 17.3 Å². The Morgan fingerprint density at radius 2 is 1.93 bits per heavy atom. The lowest BCUT2D eigenvalue weighted by Gasteiger charge is -2.32. The molecule has 0 aliphatic carbocycles. The molecule has 3 rings (SSSR count). The van der Waals surface area contributed by atoms with Crippen LogP contribution >= 0.6 is 36.4 Å². The minimum atomic E-state index is 0. The number of aliphatic hydroxyl groups excluding tert-OH is 1. The van der Waals surface area contributed by atoms with Gasteiger partial charge in [0, 0.05) is 24.2 Å². The van der Waals surface area contributed by atoms with Crippen molar-refractivity contribution >= 4 is 48.3 Å². The number of nitrogens with two attached hydrogens (primary N) is 1. The van der Waals surface area contributed by atoms with E-state index in [0.29, 0.717) is 17.8 Å². The summed E-state index contributed by atoms with van der Waals surface area (Å²) in [6, 6.07) is 7.85. The Kier molecular flexibility index (Phi) is 10.2. The lowest BCUT2D eigenvalue weighted by molar-refractivity contribution is 0.231. The number of anilines is 2. The van der Waals surface area contributed by atoms with Crippen molar-refractivity contribution in [1.82, 2.24) is 20.5 Å². The van der Waals surface area contributed by atoms with E-state index >= 15 is 0 Å². The summed E-state index contributed by atoms with van der Waals surface area (Å²) < 4.78 is 0. The molecule has 7 nitrogen and oxygen atoms in total. The summed E-state index contributed by atoms with van der Waals surface area (Å²) in [6.07, 6.45) is 2.93. The van der Waals surface area contributed by atoms with E-state index in [2.05, 4.69) is 25.4 Å². The summed E-state index contributed by atoms with van der Waals surface area (Å²) in [6.45, 7) is 2.87. The number of hydrogen-bond acceptors (Lipinski definition) is 6. The van der Waals surface area contributed by atoms with Crippen LogP contribution in [0.4, 0.5) is 11.9 Å². The number of aromatic amines is 1. The maximum absolute atomic E-state index is 9.64. The third-order valence-electron chi connectivity index (χ3n) is 4.70. The first-order valence-corrected chi connectivity index (χ1v) is 9.03. The molecule has 1 aliphatic heterocycles. The van der Waals surface area contributed by atoms with Crippen LogP contribution in [0.2, 0.25) is 5.02 Å². The van der Waals surface area contributed by atoms with Crippen molar-refractivity contribution in [3.8, 4) is 0 Å². The van der Waals surface area contributed by atoms with Crippen LogP contribution in [0.3, 0.4) is 0 Å². The van der Waals surface area contributed by atoms with E-state index in [1.165, 1.54) is 5.56 Å². The Hall–Kier alpha value is -1.25. The fourth-order valence-corrected chi connectivity index (χ4v) is 3.31. The van der Waals surface area contributed by atoms with Crippen LogP contribution in [0.1, 0.15) is 18.4 Å². The molecule has 0 amide bonds. The number of nitrogens with zero attached hydrogens (tertiary/aromatic N) is 3. The summed E-state index contributed by atoms with van der Waals surface area (Å²) in [5, 5.41) is 20.7. The number of aliphatic hydroxyl groups is 1. The highest BCUT2D eigenvalue weighted by Gasteiger charge is 2.22. The number of halogens is 3. The minimum Gasteiger partial charge on any atom is -0.395 e. The highest BCUT2D eigenvalue weighted by Crippen LogP contribution is 2.20. The maximum Gasteiger partial charge on any atom is 0.246 e. The van der Waals surface area contributed by atoms with E-state index < -0.39 is 0 Å². The summed E-state index contributed by atoms with van der Waals surface area (Å²) >= 11 is 5.92. The zero-order valence-corrected chi connectivity index (χ0v) is 17.4. The van der Waals surface area contributed by atoms with Gasteiger partial charge in [-0.25, -0.2) is 5.10 Å². The molecule has 1 atom stereocenters. The average molecular weight is 438 g/mol. The SMILES string of the molecule is Cl.Cl.Nc1nc(N2CCC(CNC(CO)Cc3ccc(Cl)cc3)CC2)n[nH]1. The Labute approximate surface area is 176 Å². The van der Waals surface area contributed by atoms with Crippen LogP contribution in [-0.2, 0) is 6.42 Å². The highest BCUT2D eigenvalue weighted by atomic mass is 35.5. The Balaban J connectivity index is 0.00000182. The number of hydrogen-bond donors (Lipinski definition) is 4. The average Bonchev–Trinajstić information content (AvgIpc) is 3.07. The fraction of sp³-hybridized carbons (Fsp3) is 0.529. The zero-order valence-electron chi connectivity index (χ0n) is 15.0. The summed E-state index contributed by atoms with van der Waals surface area (Å²) in [4.78, 5) is 6.33. The van der Waals surface area contributed by atoms with Crippen molar-refractivity contribution in [3.05, 3.63) is 34.9 Å². The molecule has 1 aromatic heterocycles. The van der Waals surface area contributed by atoms with Crippen LogP contribution in [-0.4, -0.2) is 52.6 Å². The van der Waals surface area contributed by atoms with Gasteiger partial charge in [-0.05, 0) is 49.4 Å². The van der Waals surface area contributed by atoms with Gasteiger partial charge in [0.2, 0.25) is 11.9 Å². The smallest absolute Gasteiger partial charge is 0.246 e. The second kappa shape index (κ2) is 11.6. The summed E-state index contributed by atoms with van der Waals surface area (Å²) in [7, 11) is 0. The normalized spacial score (nSPS) is 15.7. The van der Waals surface area contributed by atoms with Crippen molar-refractivity contribution in [2.45, 2.75) is 25.3 Å². The molecule has 2 heterocycles.